The van der Waals surface area contributed by atoms with Gasteiger partial charge in [-0.25, -0.2) is 4.79 Å². The highest BCUT2D eigenvalue weighted by Gasteiger charge is 2.13. The molecule has 0 aliphatic rings. The summed E-state index contributed by atoms with van der Waals surface area (Å²) < 4.78 is 5.05. The van der Waals surface area contributed by atoms with E-state index in [0.717, 1.165) is 0 Å². The Morgan fingerprint density at radius 2 is 1.61 bits per heavy atom. The van der Waals surface area contributed by atoms with Crippen molar-refractivity contribution in [1.29, 1.82) is 0 Å². The third-order valence-corrected chi connectivity index (χ3v) is 4.96. The van der Waals surface area contributed by atoms with E-state index in [0.29, 0.717) is 21.8 Å². The molecule has 3 aromatic rings. The first-order chi connectivity index (χ1) is 15.0. The predicted octanol–water partition coefficient (Wildman–Crippen LogP) is 3.16. The van der Waals surface area contributed by atoms with Gasteiger partial charge in [0.25, 0.3) is 17.7 Å². The van der Waals surface area contributed by atoms with E-state index in [2.05, 4.69) is 16.0 Å². The Balaban J connectivity index is 1.52. The first kappa shape index (κ1) is 21.7. The zero-order chi connectivity index (χ0) is 22.2. The molecule has 0 saturated carbocycles. The van der Waals surface area contributed by atoms with Crippen LogP contribution in [-0.2, 0) is 9.53 Å². The molecule has 8 nitrogen and oxygen atoms in total. The Hall–Kier alpha value is -3.98. The second-order valence-electron chi connectivity index (χ2n) is 6.29. The van der Waals surface area contributed by atoms with Gasteiger partial charge in [-0.05, 0) is 53.9 Å². The van der Waals surface area contributed by atoms with Crippen LogP contribution in [0, 0.1) is 0 Å². The van der Waals surface area contributed by atoms with Gasteiger partial charge in [-0.3, -0.25) is 14.4 Å². The van der Waals surface area contributed by atoms with Crippen molar-refractivity contribution in [3.05, 3.63) is 82.0 Å². The lowest BCUT2D eigenvalue weighted by atomic mass is 10.2. The van der Waals surface area contributed by atoms with Crippen LogP contribution in [0.25, 0.3) is 0 Å². The Bertz CT molecular complexity index is 1090. The first-order valence-corrected chi connectivity index (χ1v) is 10.1. The molecule has 1 heterocycles. The molecule has 0 spiro atoms. The van der Waals surface area contributed by atoms with Crippen LogP contribution >= 0.6 is 11.3 Å². The van der Waals surface area contributed by atoms with Gasteiger partial charge in [0.05, 0.1) is 10.4 Å². The Morgan fingerprint density at radius 3 is 2.29 bits per heavy atom. The fourth-order valence-corrected chi connectivity index (χ4v) is 3.20. The van der Waals surface area contributed by atoms with Gasteiger partial charge in [-0.2, -0.15) is 0 Å². The van der Waals surface area contributed by atoms with Crippen LogP contribution in [0.5, 0.6) is 0 Å². The summed E-state index contributed by atoms with van der Waals surface area (Å²) in [5.74, 6) is -1.73. The molecule has 0 radical (unpaired) electrons. The Morgan fingerprint density at radius 1 is 0.839 bits per heavy atom. The maximum Gasteiger partial charge on any atom is 0.338 e. The Labute approximate surface area is 182 Å². The molecule has 0 aliphatic carbocycles. The normalized spacial score (nSPS) is 10.1. The minimum Gasteiger partial charge on any atom is -0.452 e. The van der Waals surface area contributed by atoms with Crippen molar-refractivity contribution < 1.29 is 23.9 Å². The summed E-state index contributed by atoms with van der Waals surface area (Å²) >= 11 is 1.31. The third-order valence-electron chi connectivity index (χ3n) is 4.09. The summed E-state index contributed by atoms with van der Waals surface area (Å²) in [6, 6.07) is 16.0. The van der Waals surface area contributed by atoms with Gasteiger partial charge in [0.2, 0.25) is 0 Å². The molecular formula is C22H19N3O5S. The molecule has 3 N–H and O–H groups in total. The van der Waals surface area contributed by atoms with E-state index in [1.54, 1.807) is 53.9 Å². The molecule has 3 rings (SSSR count). The summed E-state index contributed by atoms with van der Waals surface area (Å²) in [7, 11) is 1.53. The number of hydrogen-bond acceptors (Lipinski definition) is 6. The minimum atomic E-state index is -0.697. The molecule has 0 unspecified atom stereocenters. The lowest BCUT2D eigenvalue weighted by Crippen LogP contribution is -2.21. The van der Waals surface area contributed by atoms with Gasteiger partial charge in [0, 0.05) is 24.0 Å². The largest absolute Gasteiger partial charge is 0.452 e. The second kappa shape index (κ2) is 10.2. The molecule has 9 heteroatoms. The smallest absolute Gasteiger partial charge is 0.338 e. The number of rotatable bonds is 7. The first-order valence-electron chi connectivity index (χ1n) is 9.20. The SMILES string of the molecule is CNC(=O)c1ccc(NC(=O)COC(=O)c2cccc(NC(=O)c3cccs3)c2)cc1. The predicted molar refractivity (Wildman–Crippen MR) is 117 cm³/mol. The maximum atomic E-state index is 12.3. The topological polar surface area (TPSA) is 114 Å². The fourth-order valence-electron chi connectivity index (χ4n) is 2.59. The van der Waals surface area contributed by atoms with Crippen LogP contribution in [0.1, 0.15) is 30.4 Å². The van der Waals surface area contributed by atoms with Crippen molar-refractivity contribution in [2.24, 2.45) is 0 Å². The van der Waals surface area contributed by atoms with E-state index in [4.69, 9.17) is 4.74 Å². The van der Waals surface area contributed by atoms with Crippen molar-refractivity contribution >= 4 is 46.4 Å². The molecule has 0 bridgehead atoms. The number of ether oxygens (including phenoxy) is 1. The highest BCUT2D eigenvalue weighted by Crippen LogP contribution is 2.16. The second-order valence-corrected chi connectivity index (χ2v) is 7.24. The minimum absolute atomic E-state index is 0.201. The number of thiophene rings is 1. The summed E-state index contributed by atoms with van der Waals surface area (Å²) in [4.78, 5) is 48.5. The molecular weight excluding hydrogens is 418 g/mol. The molecule has 3 amide bonds. The lowest BCUT2D eigenvalue weighted by molar-refractivity contribution is -0.119. The van der Waals surface area contributed by atoms with Gasteiger partial charge in [0.15, 0.2) is 6.61 Å². The van der Waals surface area contributed by atoms with Crippen molar-refractivity contribution in [3.8, 4) is 0 Å². The Kier molecular flexibility index (Phi) is 7.13. The van der Waals surface area contributed by atoms with Crippen molar-refractivity contribution in [1.82, 2.24) is 5.32 Å². The lowest BCUT2D eigenvalue weighted by Gasteiger charge is -2.09. The van der Waals surface area contributed by atoms with E-state index in [-0.39, 0.29) is 17.4 Å². The van der Waals surface area contributed by atoms with Crippen LogP contribution in [0.15, 0.2) is 66.0 Å². The molecule has 1 aromatic heterocycles. The van der Waals surface area contributed by atoms with Crippen LogP contribution in [0.2, 0.25) is 0 Å². The number of carbonyl (C=O) groups excluding carboxylic acids is 4. The van der Waals surface area contributed by atoms with Gasteiger partial charge >= 0.3 is 5.97 Å². The van der Waals surface area contributed by atoms with E-state index in [9.17, 15) is 19.2 Å². The van der Waals surface area contributed by atoms with E-state index in [1.165, 1.54) is 30.5 Å². The van der Waals surface area contributed by atoms with Crippen molar-refractivity contribution in [3.63, 3.8) is 0 Å². The highest BCUT2D eigenvalue weighted by molar-refractivity contribution is 7.12. The zero-order valence-electron chi connectivity index (χ0n) is 16.5. The number of benzene rings is 2. The summed E-state index contributed by atoms with van der Waals surface area (Å²) in [6.07, 6.45) is 0. The molecule has 0 atom stereocenters. The number of hydrogen-bond donors (Lipinski definition) is 3. The molecule has 0 saturated heterocycles. The standard InChI is InChI=1S/C22H19N3O5S/c1-23-20(27)14-7-9-16(10-8-14)24-19(26)13-30-22(29)15-4-2-5-17(12-15)25-21(28)18-6-3-11-31-18/h2-12H,13H2,1H3,(H,23,27)(H,24,26)(H,25,28). The zero-order valence-corrected chi connectivity index (χ0v) is 17.3. The van der Waals surface area contributed by atoms with Crippen LogP contribution in [0.4, 0.5) is 11.4 Å². The monoisotopic (exact) mass is 437 g/mol. The van der Waals surface area contributed by atoms with Gasteiger partial charge in [0.1, 0.15) is 0 Å². The molecule has 158 valence electrons. The summed E-state index contributed by atoms with van der Waals surface area (Å²) in [5.41, 5.74) is 1.56. The maximum absolute atomic E-state index is 12.3. The number of carbonyl (C=O) groups is 4. The van der Waals surface area contributed by atoms with E-state index >= 15 is 0 Å². The molecule has 2 aromatic carbocycles. The molecule has 0 fully saturated rings. The van der Waals surface area contributed by atoms with Crippen LogP contribution in [-0.4, -0.2) is 37.3 Å². The van der Waals surface area contributed by atoms with Gasteiger partial charge < -0.3 is 20.7 Å². The number of nitrogens with one attached hydrogen (secondary N) is 3. The average Bonchev–Trinajstić information content (AvgIpc) is 3.33. The number of amides is 3. The van der Waals surface area contributed by atoms with E-state index in [1.807, 2.05) is 0 Å². The van der Waals surface area contributed by atoms with Crippen molar-refractivity contribution in [2.75, 3.05) is 24.3 Å². The van der Waals surface area contributed by atoms with Crippen LogP contribution < -0.4 is 16.0 Å². The molecule has 0 aliphatic heterocycles. The fraction of sp³-hybridized carbons (Fsp3) is 0.0909. The summed E-state index contributed by atoms with van der Waals surface area (Å²) in [5, 5.41) is 9.59. The van der Waals surface area contributed by atoms with Crippen molar-refractivity contribution in [2.45, 2.75) is 0 Å². The average molecular weight is 437 g/mol. The highest BCUT2D eigenvalue weighted by atomic mass is 32.1. The number of anilines is 2. The number of esters is 1. The van der Waals surface area contributed by atoms with Crippen LogP contribution in [0.3, 0.4) is 0 Å². The third kappa shape index (κ3) is 6.00. The summed E-state index contributed by atoms with van der Waals surface area (Å²) in [6.45, 7) is -0.484. The molecule has 31 heavy (non-hydrogen) atoms. The van der Waals surface area contributed by atoms with Gasteiger partial charge in [-0.15, -0.1) is 11.3 Å². The quantitative estimate of drug-likeness (QED) is 0.492. The van der Waals surface area contributed by atoms with E-state index < -0.39 is 18.5 Å². The van der Waals surface area contributed by atoms with Gasteiger partial charge in [-0.1, -0.05) is 12.1 Å².